The molecule has 14 heavy (non-hydrogen) atoms. The van der Waals surface area contributed by atoms with Crippen molar-refractivity contribution in [3.8, 4) is 0 Å². The summed E-state index contributed by atoms with van der Waals surface area (Å²) in [7, 11) is 0. The molecule has 86 valence electrons. The van der Waals surface area contributed by atoms with Gasteiger partial charge >= 0.3 is 0 Å². The third-order valence-electron chi connectivity index (χ3n) is 1.61. The monoisotopic (exact) mass is 240 g/mol. The molecule has 2 atom stereocenters. The Labute approximate surface area is 94.3 Å². The van der Waals surface area contributed by atoms with E-state index in [2.05, 4.69) is 0 Å². The lowest BCUT2D eigenvalue weighted by Gasteiger charge is -2.08. The average Bonchev–Trinajstić information content (AvgIpc) is 2.22. The third-order valence-corrected chi connectivity index (χ3v) is 4.28. The maximum absolute atomic E-state index is 9.03. The molecule has 5 heteroatoms. The van der Waals surface area contributed by atoms with Gasteiger partial charge in [0.05, 0.1) is 12.7 Å². The standard InChI is InChI=1S/C9H20O3S2/c1-8(4-10)6-13-2-3-14-7-9(12)5-11/h8-12H,2-7H2,1H3. The van der Waals surface area contributed by atoms with Gasteiger partial charge in [-0.15, -0.1) is 0 Å². The molecule has 0 heterocycles. The zero-order chi connectivity index (χ0) is 10.8. The minimum absolute atomic E-state index is 0.151. The smallest absolute Gasteiger partial charge is 0.0861 e. The van der Waals surface area contributed by atoms with Gasteiger partial charge in [0.15, 0.2) is 0 Å². The lowest BCUT2D eigenvalue weighted by Crippen LogP contribution is -2.15. The quantitative estimate of drug-likeness (QED) is 0.510. The minimum Gasteiger partial charge on any atom is -0.396 e. The highest BCUT2D eigenvalue weighted by atomic mass is 32.2. The molecule has 0 aromatic rings. The summed E-state index contributed by atoms with van der Waals surface area (Å²) in [6.07, 6.45) is -0.582. The maximum atomic E-state index is 9.03. The summed E-state index contributed by atoms with van der Waals surface area (Å²) >= 11 is 3.47. The molecule has 3 N–H and O–H groups in total. The highest BCUT2D eigenvalue weighted by Gasteiger charge is 2.02. The summed E-state index contributed by atoms with van der Waals surface area (Å²) in [5, 5.41) is 26.3. The zero-order valence-corrected chi connectivity index (χ0v) is 10.2. The van der Waals surface area contributed by atoms with Gasteiger partial charge in [0.1, 0.15) is 0 Å². The zero-order valence-electron chi connectivity index (χ0n) is 8.56. The lowest BCUT2D eigenvalue weighted by atomic mass is 10.2. The second-order valence-corrected chi connectivity index (χ2v) is 5.57. The molecule has 0 spiro atoms. The van der Waals surface area contributed by atoms with E-state index in [1.807, 2.05) is 18.7 Å². The summed E-state index contributed by atoms with van der Waals surface area (Å²) in [5.41, 5.74) is 0. The molecule has 0 aliphatic carbocycles. The Morgan fingerprint density at radius 2 is 1.57 bits per heavy atom. The van der Waals surface area contributed by atoms with Crippen molar-refractivity contribution >= 4 is 23.5 Å². The van der Waals surface area contributed by atoms with E-state index in [0.29, 0.717) is 11.7 Å². The van der Waals surface area contributed by atoms with Crippen LogP contribution in [0.3, 0.4) is 0 Å². The van der Waals surface area contributed by atoms with Gasteiger partial charge in [-0.3, -0.25) is 0 Å². The molecule has 2 unspecified atom stereocenters. The summed E-state index contributed by atoms with van der Waals surface area (Å²) in [4.78, 5) is 0. The molecule has 0 saturated heterocycles. The van der Waals surface area contributed by atoms with E-state index in [0.717, 1.165) is 17.3 Å². The number of aliphatic hydroxyl groups excluding tert-OH is 3. The second-order valence-electron chi connectivity index (χ2n) is 3.27. The fourth-order valence-corrected chi connectivity index (χ4v) is 2.89. The van der Waals surface area contributed by atoms with Gasteiger partial charge in [-0.2, -0.15) is 23.5 Å². The average molecular weight is 240 g/mol. The SMILES string of the molecule is CC(CO)CSCCSCC(O)CO. The van der Waals surface area contributed by atoms with Crippen LogP contribution >= 0.6 is 23.5 Å². The highest BCUT2D eigenvalue weighted by Crippen LogP contribution is 2.11. The summed E-state index contributed by atoms with van der Waals surface area (Å²) in [6.45, 7) is 2.13. The number of aliphatic hydroxyl groups is 3. The third kappa shape index (κ3) is 9.15. The van der Waals surface area contributed by atoms with Gasteiger partial charge < -0.3 is 15.3 Å². The van der Waals surface area contributed by atoms with Gasteiger partial charge in [-0.05, 0) is 11.7 Å². The van der Waals surface area contributed by atoms with Crippen molar-refractivity contribution in [1.29, 1.82) is 0 Å². The molecule has 0 aromatic carbocycles. The number of hydrogen-bond donors (Lipinski definition) is 3. The lowest BCUT2D eigenvalue weighted by molar-refractivity contribution is 0.113. The molecular weight excluding hydrogens is 220 g/mol. The van der Waals surface area contributed by atoms with Crippen LogP contribution in [0.1, 0.15) is 6.92 Å². The van der Waals surface area contributed by atoms with Crippen molar-refractivity contribution < 1.29 is 15.3 Å². The Kier molecular flexibility index (Phi) is 10.5. The Balaban J connectivity index is 3.06. The van der Waals surface area contributed by atoms with Crippen LogP contribution < -0.4 is 0 Å². The molecule has 0 aliphatic heterocycles. The fourth-order valence-electron chi connectivity index (χ4n) is 0.727. The Morgan fingerprint density at radius 1 is 1.00 bits per heavy atom. The molecule has 0 radical (unpaired) electrons. The molecule has 0 rings (SSSR count). The van der Waals surface area contributed by atoms with E-state index in [1.54, 1.807) is 11.8 Å². The molecule has 0 aromatic heterocycles. The Hall–Kier alpha value is 0.580. The normalized spacial score (nSPS) is 15.4. The molecule has 0 saturated carbocycles. The van der Waals surface area contributed by atoms with Crippen LogP contribution in [0.2, 0.25) is 0 Å². The molecule has 0 amide bonds. The molecular formula is C9H20O3S2. The van der Waals surface area contributed by atoms with Crippen molar-refractivity contribution in [2.45, 2.75) is 13.0 Å². The van der Waals surface area contributed by atoms with Crippen LogP contribution in [-0.2, 0) is 0 Å². The van der Waals surface area contributed by atoms with E-state index in [9.17, 15) is 0 Å². The van der Waals surface area contributed by atoms with E-state index in [1.165, 1.54) is 0 Å². The fraction of sp³-hybridized carbons (Fsp3) is 1.00. The van der Waals surface area contributed by atoms with E-state index < -0.39 is 6.10 Å². The van der Waals surface area contributed by atoms with Gasteiger partial charge in [0.2, 0.25) is 0 Å². The number of rotatable bonds is 9. The van der Waals surface area contributed by atoms with Crippen LogP contribution in [0.4, 0.5) is 0 Å². The summed E-state index contributed by atoms with van der Waals surface area (Å²) < 4.78 is 0. The predicted octanol–water partition coefficient (Wildman–Crippen LogP) is 0.434. The second kappa shape index (κ2) is 10.1. The van der Waals surface area contributed by atoms with Crippen molar-refractivity contribution in [1.82, 2.24) is 0 Å². The highest BCUT2D eigenvalue weighted by molar-refractivity contribution is 8.02. The first-order chi connectivity index (χ1) is 6.70. The van der Waals surface area contributed by atoms with Crippen molar-refractivity contribution in [3.05, 3.63) is 0 Å². The van der Waals surface area contributed by atoms with Crippen LogP contribution in [0.5, 0.6) is 0 Å². The topological polar surface area (TPSA) is 60.7 Å². The molecule has 0 bridgehead atoms. The van der Waals surface area contributed by atoms with Crippen molar-refractivity contribution in [2.75, 3.05) is 36.2 Å². The molecule has 3 nitrogen and oxygen atoms in total. The van der Waals surface area contributed by atoms with Crippen LogP contribution in [-0.4, -0.2) is 57.6 Å². The van der Waals surface area contributed by atoms with Gasteiger partial charge in [0.25, 0.3) is 0 Å². The largest absolute Gasteiger partial charge is 0.396 e. The van der Waals surface area contributed by atoms with Crippen molar-refractivity contribution in [2.24, 2.45) is 5.92 Å². The van der Waals surface area contributed by atoms with Crippen LogP contribution in [0, 0.1) is 5.92 Å². The predicted molar refractivity (Wildman–Crippen MR) is 64.0 cm³/mol. The van der Waals surface area contributed by atoms with Gasteiger partial charge in [0, 0.05) is 23.9 Å². The molecule has 0 fully saturated rings. The first-order valence-corrected chi connectivity index (χ1v) is 7.07. The Morgan fingerprint density at radius 3 is 2.07 bits per heavy atom. The first-order valence-electron chi connectivity index (χ1n) is 4.76. The maximum Gasteiger partial charge on any atom is 0.0861 e. The van der Waals surface area contributed by atoms with E-state index >= 15 is 0 Å². The Bertz CT molecular complexity index is 111. The summed E-state index contributed by atoms with van der Waals surface area (Å²) in [6, 6.07) is 0. The number of hydrogen-bond acceptors (Lipinski definition) is 5. The number of thioether (sulfide) groups is 2. The molecule has 0 aliphatic rings. The van der Waals surface area contributed by atoms with E-state index in [-0.39, 0.29) is 13.2 Å². The van der Waals surface area contributed by atoms with Gasteiger partial charge in [-0.1, -0.05) is 6.92 Å². The first kappa shape index (κ1) is 14.6. The van der Waals surface area contributed by atoms with Crippen molar-refractivity contribution in [3.63, 3.8) is 0 Å². The van der Waals surface area contributed by atoms with Gasteiger partial charge in [-0.25, -0.2) is 0 Å². The summed E-state index contributed by atoms with van der Waals surface area (Å²) in [5.74, 6) is 3.98. The van der Waals surface area contributed by atoms with Crippen LogP contribution in [0.25, 0.3) is 0 Å². The van der Waals surface area contributed by atoms with E-state index in [4.69, 9.17) is 15.3 Å². The van der Waals surface area contributed by atoms with Crippen LogP contribution in [0.15, 0.2) is 0 Å². The minimum atomic E-state index is -0.582.